The van der Waals surface area contributed by atoms with Crippen LogP contribution in [0.5, 0.6) is 0 Å². The lowest BCUT2D eigenvalue weighted by Gasteiger charge is -2.26. The molecule has 10 aromatic carbocycles. The first kappa shape index (κ1) is 32.0. The fourth-order valence-electron chi connectivity index (χ4n) is 8.56. The Labute approximate surface area is 325 Å². The van der Waals surface area contributed by atoms with E-state index >= 15 is 0 Å². The molecule has 0 aliphatic heterocycles. The molecule has 262 valence electrons. The molecule has 0 aliphatic rings. The minimum absolute atomic E-state index is 0.921. The molecule has 0 bridgehead atoms. The van der Waals surface area contributed by atoms with Gasteiger partial charge >= 0.3 is 0 Å². The van der Waals surface area contributed by atoms with E-state index in [-0.39, 0.29) is 0 Å². The van der Waals surface area contributed by atoms with Crippen molar-refractivity contribution in [3.05, 3.63) is 212 Å². The van der Waals surface area contributed by atoms with Crippen LogP contribution >= 0.6 is 0 Å². The third kappa shape index (κ3) is 5.34. The van der Waals surface area contributed by atoms with Gasteiger partial charge in [-0.3, -0.25) is 0 Å². The fraction of sp³-hybridized carbons (Fsp3) is 0. The van der Waals surface area contributed by atoms with Crippen LogP contribution in [-0.4, -0.2) is 0 Å². The van der Waals surface area contributed by atoms with Crippen LogP contribution in [0.1, 0.15) is 0 Å². The summed E-state index contributed by atoms with van der Waals surface area (Å²) >= 11 is 0. The third-order valence-electron chi connectivity index (χ3n) is 11.3. The molecule has 1 heterocycles. The molecular formula is C54H35NO. The molecule has 0 saturated carbocycles. The molecule has 0 unspecified atom stereocenters. The number of hydrogen-bond acceptors (Lipinski definition) is 2. The number of furan rings is 1. The monoisotopic (exact) mass is 713 g/mol. The Morgan fingerprint density at radius 3 is 1.25 bits per heavy atom. The molecule has 0 spiro atoms. The summed E-state index contributed by atoms with van der Waals surface area (Å²) in [5.74, 6) is 0. The number of hydrogen-bond donors (Lipinski definition) is 0. The van der Waals surface area contributed by atoms with Gasteiger partial charge in [0.25, 0.3) is 0 Å². The van der Waals surface area contributed by atoms with Crippen molar-refractivity contribution in [1.29, 1.82) is 0 Å². The molecule has 2 nitrogen and oxygen atoms in total. The smallest absolute Gasteiger partial charge is 0.136 e. The van der Waals surface area contributed by atoms with Crippen LogP contribution in [0.3, 0.4) is 0 Å². The quantitative estimate of drug-likeness (QED) is 0.160. The highest BCUT2D eigenvalue weighted by Crippen LogP contribution is 2.44. The largest absolute Gasteiger partial charge is 0.456 e. The molecule has 0 aliphatic carbocycles. The van der Waals surface area contributed by atoms with E-state index < -0.39 is 0 Å². The zero-order chi connectivity index (χ0) is 37.0. The summed E-state index contributed by atoms with van der Waals surface area (Å²) in [6.07, 6.45) is 0. The summed E-state index contributed by atoms with van der Waals surface area (Å²) in [4.78, 5) is 2.34. The Morgan fingerprint density at radius 1 is 0.250 bits per heavy atom. The summed E-state index contributed by atoms with van der Waals surface area (Å²) in [6, 6.07) is 76.3. The molecule has 56 heavy (non-hydrogen) atoms. The number of para-hydroxylation sites is 1. The van der Waals surface area contributed by atoms with Gasteiger partial charge in [-0.05, 0) is 121 Å². The Kier molecular flexibility index (Phi) is 7.53. The number of rotatable bonds is 6. The van der Waals surface area contributed by atoms with Gasteiger partial charge in [0.2, 0.25) is 0 Å². The summed E-state index contributed by atoms with van der Waals surface area (Å²) < 4.78 is 6.32. The lowest BCUT2D eigenvalue weighted by molar-refractivity contribution is 0.669. The van der Waals surface area contributed by atoms with E-state index in [2.05, 4.69) is 211 Å². The summed E-state index contributed by atoms with van der Waals surface area (Å²) in [5, 5.41) is 9.82. The van der Waals surface area contributed by atoms with Crippen LogP contribution in [-0.2, 0) is 0 Å². The molecule has 0 atom stereocenters. The molecule has 11 aromatic rings. The van der Waals surface area contributed by atoms with Gasteiger partial charge in [0.1, 0.15) is 11.2 Å². The van der Waals surface area contributed by atoms with Crippen molar-refractivity contribution in [3.63, 3.8) is 0 Å². The number of nitrogens with zero attached hydrogens (tertiary/aromatic N) is 1. The van der Waals surface area contributed by atoms with E-state index in [9.17, 15) is 0 Å². The average molecular weight is 714 g/mol. The van der Waals surface area contributed by atoms with Crippen molar-refractivity contribution in [3.8, 4) is 33.4 Å². The third-order valence-corrected chi connectivity index (χ3v) is 11.3. The van der Waals surface area contributed by atoms with Gasteiger partial charge in [0, 0.05) is 33.2 Å². The van der Waals surface area contributed by atoms with E-state index in [0.29, 0.717) is 0 Å². The molecule has 11 rings (SSSR count). The van der Waals surface area contributed by atoms with Gasteiger partial charge in [-0.1, -0.05) is 152 Å². The second-order valence-corrected chi connectivity index (χ2v) is 14.5. The molecule has 0 N–H and O–H groups in total. The fourth-order valence-corrected chi connectivity index (χ4v) is 8.56. The molecule has 0 amide bonds. The first-order chi connectivity index (χ1) is 27.8. The molecule has 0 saturated heterocycles. The Bertz CT molecular complexity index is 3100. The van der Waals surface area contributed by atoms with Crippen molar-refractivity contribution in [2.45, 2.75) is 0 Å². The Morgan fingerprint density at radius 2 is 0.661 bits per heavy atom. The lowest BCUT2D eigenvalue weighted by Crippen LogP contribution is -2.09. The van der Waals surface area contributed by atoms with Crippen molar-refractivity contribution in [2.75, 3.05) is 4.90 Å². The topological polar surface area (TPSA) is 16.4 Å². The van der Waals surface area contributed by atoms with E-state index in [4.69, 9.17) is 4.42 Å². The second kappa shape index (κ2) is 13.2. The predicted molar refractivity (Wildman–Crippen MR) is 237 cm³/mol. The second-order valence-electron chi connectivity index (χ2n) is 14.5. The SMILES string of the molecule is c1ccc(-c2ccc(N(c3ccc(-c4ccccc4)cc3)c3ccc(-c4ccc5c(c4)c4ccccc4c4c5ccc5oc6ccccc6c54)cc3)cc2)cc1. The van der Waals surface area contributed by atoms with Gasteiger partial charge in [-0.25, -0.2) is 0 Å². The van der Waals surface area contributed by atoms with Crippen LogP contribution < -0.4 is 4.90 Å². The maximum absolute atomic E-state index is 6.32. The van der Waals surface area contributed by atoms with Gasteiger partial charge in [-0.2, -0.15) is 0 Å². The van der Waals surface area contributed by atoms with Crippen LogP contribution in [0.15, 0.2) is 217 Å². The van der Waals surface area contributed by atoms with Gasteiger partial charge < -0.3 is 9.32 Å². The standard InChI is InChI=1S/C54H35NO/c1-3-11-36(12-4-1)38-19-26-42(27-20-38)55(43-28-21-39(22-29-43)37-13-5-2-6-14-37)44-30-23-40(24-31-44)41-25-32-46-48-33-34-52-54(49-17-9-10-18-51(49)56-52)53(48)47-16-8-7-15-45(47)50(46)35-41/h1-35H. The molecule has 2 heteroatoms. The van der Waals surface area contributed by atoms with Crippen LogP contribution in [0.4, 0.5) is 17.1 Å². The number of benzene rings is 10. The zero-order valence-corrected chi connectivity index (χ0v) is 30.6. The summed E-state index contributed by atoms with van der Waals surface area (Å²) in [5.41, 5.74) is 12.3. The van der Waals surface area contributed by atoms with E-state index in [1.165, 1.54) is 71.1 Å². The van der Waals surface area contributed by atoms with E-state index in [0.717, 1.165) is 33.6 Å². The zero-order valence-electron chi connectivity index (χ0n) is 30.6. The highest BCUT2D eigenvalue weighted by Gasteiger charge is 2.17. The first-order valence-electron chi connectivity index (χ1n) is 19.2. The Balaban J connectivity index is 1.01. The lowest BCUT2D eigenvalue weighted by atomic mass is 9.90. The molecule has 0 radical (unpaired) electrons. The minimum Gasteiger partial charge on any atom is -0.456 e. The van der Waals surface area contributed by atoms with E-state index in [1.54, 1.807) is 0 Å². The molecule has 0 fully saturated rings. The minimum atomic E-state index is 0.921. The highest BCUT2D eigenvalue weighted by molar-refractivity contribution is 6.34. The van der Waals surface area contributed by atoms with Crippen molar-refractivity contribution >= 4 is 71.3 Å². The number of anilines is 3. The van der Waals surface area contributed by atoms with Crippen LogP contribution in [0.25, 0.3) is 87.6 Å². The average Bonchev–Trinajstić information content (AvgIpc) is 3.67. The maximum atomic E-state index is 6.32. The maximum Gasteiger partial charge on any atom is 0.136 e. The van der Waals surface area contributed by atoms with Crippen molar-refractivity contribution in [1.82, 2.24) is 0 Å². The van der Waals surface area contributed by atoms with Gasteiger partial charge in [0.05, 0.1) is 0 Å². The highest BCUT2D eigenvalue weighted by atomic mass is 16.3. The van der Waals surface area contributed by atoms with E-state index in [1.807, 2.05) is 6.07 Å². The van der Waals surface area contributed by atoms with Crippen molar-refractivity contribution in [2.24, 2.45) is 0 Å². The summed E-state index contributed by atoms with van der Waals surface area (Å²) in [7, 11) is 0. The normalized spacial score (nSPS) is 11.6. The molecule has 1 aromatic heterocycles. The predicted octanol–water partition coefficient (Wildman–Crippen LogP) is 15.5. The Hall–Kier alpha value is -7.42. The van der Waals surface area contributed by atoms with Gasteiger partial charge in [0.15, 0.2) is 0 Å². The van der Waals surface area contributed by atoms with Crippen molar-refractivity contribution < 1.29 is 4.42 Å². The number of fused-ring (bicyclic) bond motifs is 10. The van der Waals surface area contributed by atoms with Gasteiger partial charge in [-0.15, -0.1) is 0 Å². The summed E-state index contributed by atoms with van der Waals surface area (Å²) in [6.45, 7) is 0. The molecular weight excluding hydrogens is 679 g/mol. The van der Waals surface area contributed by atoms with Crippen LogP contribution in [0, 0.1) is 0 Å². The van der Waals surface area contributed by atoms with Crippen LogP contribution in [0.2, 0.25) is 0 Å². The first-order valence-corrected chi connectivity index (χ1v) is 19.2.